The Morgan fingerprint density at radius 1 is 1.44 bits per heavy atom. The highest BCUT2D eigenvalue weighted by Crippen LogP contribution is 2.34. The topological polar surface area (TPSA) is 64.0 Å². The van der Waals surface area contributed by atoms with Gasteiger partial charge in [0.05, 0.1) is 16.3 Å². The number of rotatable bonds is 5. The van der Waals surface area contributed by atoms with Crippen LogP contribution in [0, 0.1) is 0 Å². The molecule has 2 aromatic rings. The number of aromatic nitrogens is 2. The standard InChI is InChI=1S/C17H18ClN3O2S2/c1-3-21-16(23)15-13(8-10(2)25-15)20-17(21)24-9-14(22)19-12-6-4-11(18)5-7-12/h4-7,10H,3,8-9H2,1-2H3,(H,19,22)/t10-/m1/s1. The number of fused-ring (bicyclic) bond motifs is 1. The molecule has 0 bridgehead atoms. The fraction of sp³-hybridized carbons (Fsp3) is 0.353. The Bertz CT molecular complexity index is 852. The molecule has 0 spiro atoms. The van der Waals surface area contributed by atoms with E-state index < -0.39 is 0 Å². The average Bonchev–Trinajstić information content (AvgIpc) is 2.96. The molecule has 1 atom stereocenters. The van der Waals surface area contributed by atoms with Gasteiger partial charge in [-0.1, -0.05) is 30.3 Å². The first-order valence-electron chi connectivity index (χ1n) is 7.96. The summed E-state index contributed by atoms with van der Waals surface area (Å²) in [6.45, 7) is 4.54. The highest BCUT2D eigenvalue weighted by atomic mass is 35.5. The number of carbonyl (C=O) groups excluding carboxylic acids is 1. The van der Waals surface area contributed by atoms with E-state index in [1.807, 2.05) is 6.92 Å². The third-order valence-electron chi connectivity index (χ3n) is 3.74. The van der Waals surface area contributed by atoms with Crippen LogP contribution in [0.4, 0.5) is 5.69 Å². The van der Waals surface area contributed by atoms with Gasteiger partial charge < -0.3 is 5.32 Å². The van der Waals surface area contributed by atoms with Gasteiger partial charge in [0.15, 0.2) is 5.16 Å². The molecule has 1 amide bonds. The van der Waals surface area contributed by atoms with E-state index >= 15 is 0 Å². The normalized spacial score (nSPS) is 15.9. The quantitative estimate of drug-likeness (QED) is 0.618. The van der Waals surface area contributed by atoms with Crippen molar-refractivity contribution in [3.05, 3.63) is 45.3 Å². The molecule has 0 unspecified atom stereocenters. The number of hydrogen-bond acceptors (Lipinski definition) is 5. The number of thioether (sulfide) groups is 2. The fourth-order valence-electron chi connectivity index (χ4n) is 2.58. The molecule has 1 aliphatic heterocycles. The van der Waals surface area contributed by atoms with Crippen molar-refractivity contribution in [2.75, 3.05) is 11.1 Å². The van der Waals surface area contributed by atoms with Crippen LogP contribution >= 0.6 is 35.1 Å². The Balaban J connectivity index is 1.71. The third kappa shape index (κ3) is 4.22. The van der Waals surface area contributed by atoms with Crippen LogP contribution in [0.1, 0.15) is 19.5 Å². The van der Waals surface area contributed by atoms with Gasteiger partial charge in [-0.2, -0.15) is 0 Å². The molecular weight excluding hydrogens is 378 g/mol. The van der Waals surface area contributed by atoms with Gasteiger partial charge in [-0.3, -0.25) is 14.2 Å². The lowest BCUT2D eigenvalue weighted by Gasteiger charge is -2.11. The molecule has 0 saturated heterocycles. The monoisotopic (exact) mass is 395 g/mol. The van der Waals surface area contributed by atoms with Crippen LogP contribution in [0.3, 0.4) is 0 Å². The zero-order valence-electron chi connectivity index (χ0n) is 13.9. The maximum atomic E-state index is 12.6. The number of benzene rings is 1. The van der Waals surface area contributed by atoms with Crippen molar-refractivity contribution in [1.29, 1.82) is 0 Å². The van der Waals surface area contributed by atoms with Gasteiger partial charge in [-0.05, 0) is 31.2 Å². The van der Waals surface area contributed by atoms with Crippen molar-refractivity contribution in [3.8, 4) is 0 Å². The number of hydrogen-bond donors (Lipinski definition) is 1. The van der Waals surface area contributed by atoms with Crippen LogP contribution in [-0.2, 0) is 17.8 Å². The Kier molecular flexibility index (Phi) is 5.76. The predicted octanol–water partition coefficient (Wildman–Crippen LogP) is 3.68. The molecule has 8 heteroatoms. The largest absolute Gasteiger partial charge is 0.325 e. The molecule has 1 N–H and O–H groups in total. The van der Waals surface area contributed by atoms with Crippen molar-refractivity contribution < 1.29 is 4.79 Å². The van der Waals surface area contributed by atoms with Crippen molar-refractivity contribution in [1.82, 2.24) is 9.55 Å². The lowest BCUT2D eigenvalue weighted by Crippen LogP contribution is -2.25. The van der Waals surface area contributed by atoms with Crippen LogP contribution in [0.2, 0.25) is 5.02 Å². The Morgan fingerprint density at radius 2 is 2.16 bits per heavy atom. The molecule has 5 nitrogen and oxygen atoms in total. The van der Waals surface area contributed by atoms with E-state index in [2.05, 4.69) is 17.2 Å². The second-order valence-electron chi connectivity index (χ2n) is 5.70. The molecule has 0 radical (unpaired) electrons. The molecular formula is C17H18ClN3O2S2. The Hall–Kier alpha value is -1.44. The first-order chi connectivity index (χ1) is 12.0. The van der Waals surface area contributed by atoms with Crippen LogP contribution in [0.25, 0.3) is 0 Å². The summed E-state index contributed by atoms with van der Waals surface area (Å²) in [7, 11) is 0. The van der Waals surface area contributed by atoms with E-state index in [0.717, 1.165) is 17.0 Å². The number of nitrogens with zero attached hydrogens (tertiary/aromatic N) is 2. The molecule has 1 aromatic heterocycles. The Morgan fingerprint density at radius 3 is 2.84 bits per heavy atom. The van der Waals surface area contributed by atoms with Gasteiger partial charge in [0.2, 0.25) is 5.91 Å². The first kappa shape index (κ1) is 18.4. The molecule has 3 rings (SSSR count). The summed E-state index contributed by atoms with van der Waals surface area (Å²) in [5, 5.41) is 4.41. The highest BCUT2D eigenvalue weighted by Gasteiger charge is 2.26. The van der Waals surface area contributed by atoms with Crippen LogP contribution in [-0.4, -0.2) is 26.5 Å². The van der Waals surface area contributed by atoms with Crippen molar-refractivity contribution in [2.24, 2.45) is 0 Å². The summed E-state index contributed by atoms with van der Waals surface area (Å²) in [5.41, 5.74) is 1.55. The van der Waals surface area contributed by atoms with E-state index in [-0.39, 0.29) is 17.2 Å². The zero-order chi connectivity index (χ0) is 18.0. The van der Waals surface area contributed by atoms with Crippen molar-refractivity contribution in [2.45, 2.75) is 42.1 Å². The number of anilines is 1. The maximum Gasteiger partial charge on any atom is 0.268 e. The summed E-state index contributed by atoms with van der Waals surface area (Å²) in [4.78, 5) is 30.1. The fourth-order valence-corrected chi connectivity index (χ4v) is 4.70. The summed E-state index contributed by atoms with van der Waals surface area (Å²) < 4.78 is 1.64. The average molecular weight is 396 g/mol. The number of nitrogens with one attached hydrogen (secondary N) is 1. The van der Waals surface area contributed by atoms with Crippen LogP contribution in [0.15, 0.2) is 39.1 Å². The second-order valence-corrected chi connectivity index (χ2v) is 8.52. The smallest absolute Gasteiger partial charge is 0.268 e. The van der Waals surface area contributed by atoms with Gasteiger partial charge in [-0.15, -0.1) is 11.8 Å². The van der Waals surface area contributed by atoms with Crippen molar-refractivity contribution in [3.63, 3.8) is 0 Å². The van der Waals surface area contributed by atoms with Gasteiger partial charge in [0, 0.05) is 28.9 Å². The lowest BCUT2D eigenvalue weighted by molar-refractivity contribution is -0.113. The van der Waals surface area contributed by atoms with Gasteiger partial charge in [-0.25, -0.2) is 4.98 Å². The molecule has 1 aromatic carbocycles. The minimum absolute atomic E-state index is 0.00228. The van der Waals surface area contributed by atoms with E-state index in [1.165, 1.54) is 11.8 Å². The third-order valence-corrected chi connectivity index (χ3v) is 6.18. The van der Waals surface area contributed by atoms with E-state index in [4.69, 9.17) is 11.6 Å². The minimum Gasteiger partial charge on any atom is -0.325 e. The van der Waals surface area contributed by atoms with Gasteiger partial charge >= 0.3 is 0 Å². The molecule has 25 heavy (non-hydrogen) atoms. The molecule has 0 fully saturated rings. The number of carbonyl (C=O) groups is 1. The SMILES string of the molecule is CCn1c(SCC(=O)Nc2ccc(Cl)cc2)nc2c(c1=O)S[C@H](C)C2. The van der Waals surface area contributed by atoms with E-state index in [9.17, 15) is 9.59 Å². The number of halogens is 1. The van der Waals surface area contributed by atoms with Crippen LogP contribution in [0.5, 0.6) is 0 Å². The predicted molar refractivity (Wildman–Crippen MR) is 104 cm³/mol. The maximum absolute atomic E-state index is 12.6. The van der Waals surface area contributed by atoms with Gasteiger partial charge in [0.1, 0.15) is 0 Å². The van der Waals surface area contributed by atoms with E-state index in [0.29, 0.717) is 27.7 Å². The summed E-state index contributed by atoms with van der Waals surface area (Å²) >= 11 is 8.71. The number of amides is 1. The lowest BCUT2D eigenvalue weighted by atomic mass is 10.2. The molecule has 132 valence electrons. The van der Waals surface area contributed by atoms with E-state index in [1.54, 1.807) is 40.6 Å². The molecule has 2 heterocycles. The van der Waals surface area contributed by atoms with Gasteiger partial charge in [0.25, 0.3) is 5.56 Å². The molecule has 0 aliphatic carbocycles. The second kappa shape index (κ2) is 7.85. The van der Waals surface area contributed by atoms with Crippen molar-refractivity contribution >= 4 is 46.7 Å². The molecule has 0 saturated carbocycles. The van der Waals surface area contributed by atoms with Crippen LogP contribution < -0.4 is 10.9 Å². The summed E-state index contributed by atoms with van der Waals surface area (Å²) in [5.74, 6) is 0.0452. The zero-order valence-corrected chi connectivity index (χ0v) is 16.3. The highest BCUT2D eigenvalue weighted by molar-refractivity contribution is 8.00. The first-order valence-corrected chi connectivity index (χ1v) is 10.2. The minimum atomic E-state index is -0.146. The molecule has 1 aliphatic rings. The summed E-state index contributed by atoms with van der Waals surface area (Å²) in [6, 6.07) is 6.94. The summed E-state index contributed by atoms with van der Waals surface area (Å²) in [6.07, 6.45) is 0.796. The Labute approximate surface area is 159 Å².